The summed E-state index contributed by atoms with van der Waals surface area (Å²) in [5.41, 5.74) is -0.498. The minimum atomic E-state index is -0.498. The zero-order chi connectivity index (χ0) is 14.8. The third-order valence-electron chi connectivity index (χ3n) is 4.16. The van der Waals surface area contributed by atoms with Crippen LogP contribution < -0.4 is 5.63 Å². The van der Waals surface area contributed by atoms with Crippen LogP contribution >= 0.6 is 0 Å². The molecule has 2 heterocycles. The van der Waals surface area contributed by atoms with Crippen molar-refractivity contribution >= 4 is 10.8 Å². The monoisotopic (exact) mass is 291 g/mol. The molecule has 1 unspecified atom stereocenters. The SMILES string of the molecule is O=c1oc(CCN2CCCC2CO)cc2c(F)cccc12. The van der Waals surface area contributed by atoms with Crippen molar-refractivity contribution in [1.82, 2.24) is 4.90 Å². The molecular weight excluding hydrogens is 273 g/mol. The molecule has 1 N–H and O–H groups in total. The molecular formula is C16H18FNO3. The summed E-state index contributed by atoms with van der Waals surface area (Å²) in [5, 5.41) is 9.87. The van der Waals surface area contributed by atoms with Crippen LogP contribution in [0, 0.1) is 5.82 Å². The number of likely N-dealkylation sites (tertiary alicyclic amines) is 1. The van der Waals surface area contributed by atoms with Gasteiger partial charge in [-0.3, -0.25) is 4.90 Å². The van der Waals surface area contributed by atoms with E-state index in [1.165, 1.54) is 12.1 Å². The van der Waals surface area contributed by atoms with Crippen molar-refractivity contribution in [3.05, 3.63) is 46.3 Å². The number of halogens is 1. The number of hydrogen-bond acceptors (Lipinski definition) is 4. The van der Waals surface area contributed by atoms with Gasteiger partial charge in [0.25, 0.3) is 0 Å². The zero-order valence-corrected chi connectivity index (χ0v) is 11.7. The van der Waals surface area contributed by atoms with Crippen molar-refractivity contribution in [2.75, 3.05) is 19.7 Å². The van der Waals surface area contributed by atoms with Crippen LogP contribution in [0.25, 0.3) is 10.8 Å². The number of benzene rings is 1. The summed E-state index contributed by atoms with van der Waals surface area (Å²) in [6, 6.07) is 6.21. The Morgan fingerprint density at radius 3 is 3.05 bits per heavy atom. The van der Waals surface area contributed by atoms with E-state index in [0.29, 0.717) is 24.1 Å². The van der Waals surface area contributed by atoms with Crippen LogP contribution in [0.2, 0.25) is 0 Å². The predicted molar refractivity (Wildman–Crippen MR) is 77.8 cm³/mol. The van der Waals surface area contributed by atoms with Gasteiger partial charge in [-0.2, -0.15) is 0 Å². The Kier molecular flexibility index (Phi) is 4.03. The van der Waals surface area contributed by atoms with E-state index in [1.54, 1.807) is 12.1 Å². The van der Waals surface area contributed by atoms with Crippen LogP contribution in [-0.2, 0) is 6.42 Å². The Hall–Kier alpha value is -1.72. The van der Waals surface area contributed by atoms with Gasteiger partial charge in [0.2, 0.25) is 0 Å². The van der Waals surface area contributed by atoms with E-state index < -0.39 is 11.4 Å². The molecule has 21 heavy (non-hydrogen) atoms. The van der Waals surface area contributed by atoms with Gasteiger partial charge in [0.1, 0.15) is 11.6 Å². The van der Waals surface area contributed by atoms with E-state index >= 15 is 0 Å². The summed E-state index contributed by atoms with van der Waals surface area (Å²) >= 11 is 0. The van der Waals surface area contributed by atoms with Crippen LogP contribution in [0.4, 0.5) is 4.39 Å². The molecule has 3 rings (SSSR count). The molecule has 1 aromatic carbocycles. The summed E-state index contributed by atoms with van der Waals surface area (Å²) in [6.45, 7) is 1.79. The molecule has 1 aliphatic rings. The lowest BCUT2D eigenvalue weighted by Gasteiger charge is -2.22. The normalized spacial score (nSPS) is 19.4. The molecule has 2 aromatic rings. The lowest BCUT2D eigenvalue weighted by atomic mass is 10.1. The van der Waals surface area contributed by atoms with Gasteiger partial charge in [-0.25, -0.2) is 9.18 Å². The molecule has 0 bridgehead atoms. The average molecular weight is 291 g/mol. The molecule has 0 saturated carbocycles. The van der Waals surface area contributed by atoms with E-state index in [9.17, 15) is 14.3 Å². The first-order valence-electron chi connectivity index (χ1n) is 7.25. The van der Waals surface area contributed by atoms with Gasteiger partial charge in [-0.1, -0.05) is 6.07 Å². The first-order valence-corrected chi connectivity index (χ1v) is 7.25. The maximum absolute atomic E-state index is 13.8. The second kappa shape index (κ2) is 5.95. The first-order chi connectivity index (χ1) is 10.2. The molecule has 1 fully saturated rings. The highest BCUT2D eigenvalue weighted by Crippen LogP contribution is 2.19. The molecule has 0 radical (unpaired) electrons. The average Bonchev–Trinajstić information content (AvgIpc) is 2.94. The minimum Gasteiger partial charge on any atom is -0.427 e. The molecule has 0 aliphatic carbocycles. The first kappa shape index (κ1) is 14.2. The smallest absolute Gasteiger partial charge is 0.343 e. The topological polar surface area (TPSA) is 53.7 Å². The van der Waals surface area contributed by atoms with Gasteiger partial charge in [0.15, 0.2) is 0 Å². The number of hydrogen-bond donors (Lipinski definition) is 1. The maximum Gasteiger partial charge on any atom is 0.343 e. The van der Waals surface area contributed by atoms with Crippen molar-refractivity contribution in [3.63, 3.8) is 0 Å². The van der Waals surface area contributed by atoms with Crippen LogP contribution in [-0.4, -0.2) is 35.7 Å². The van der Waals surface area contributed by atoms with Gasteiger partial charge in [0, 0.05) is 24.4 Å². The molecule has 1 saturated heterocycles. The minimum absolute atomic E-state index is 0.149. The summed E-state index contributed by atoms with van der Waals surface area (Å²) in [6.07, 6.45) is 2.60. The molecule has 1 atom stereocenters. The number of aliphatic hydroxyl groups is 1. The highest BCUT2D eigenvalue weighted by molar-refractivity contribution is 5.81. The van der Waals surface area contributed by atoms with Gasteiger partial charge in [0.05, 0.1) is 12.0 Å². The summed E-state index contributed by atoms with van der Waals surface area (Å²) in [5.74, 6) is 0.0808. The zero-order valence-electron chi connectivity index (χ0n) is 11.7. The largest absolute Gasteiger partial charge is 0.427 e. The Labute approximate surface area is 121 Å². The molecule has 4 nitrogen and oxygen atoms in total. The summed E-state index contributed by atoms with van der Waals surface area (Å²) < 4.78 is 19.0. The van der Waals surface area contributed by atoms with Crippen LogP contribution in [0.15, 0.2) is 33.5 Å². The van der Waals surface area contributed by atoms with Gasteiger partial charge >= 0.3 is 5.63 Å². The molecule has 0 spiro atoms. The quantitative estimate of drug-likeness (QED) is 0.935. The van der Waals surface area contributed by atoms with E-state index in [4.69, 9.17) is 4.42 Å². The van der Waals surface area contributed by atoms with Crippen molar-refractivity contribution in [1.29, 1.82) is 0 Å². The van der Waals surface area contributed by atoms with Crippen molar-refractivity contribution < 1.29 is 13.9 Å². The lowest BCUT2D eigenvalue weighted by Crippen LogP contribution is -2.33. The van der Waals surface area contributed by atoms with Gasteiger partial charge in [-0.15, -0.1) is 0 Å². The highest BCUT2D eigenvalue weighted by Gasteiger charge is 2.23. The van der Waals surface area contributed by atoms with Gasteiger partial charge in [-0.05, 0) is 37.6 Å². The van der Waals surface area contributed by atoms with Crippen LogP contribution in [0.1, 0.15) is 18.6 Å². The van der Waals surface area contributed by atoms with Gasteiger partial charge < -0.3 is 9.52 Å². The Morgan fingerprint density at radius 1 is 1.38 bits per heavy atom. The fraction of sp³-hybridized carbons (Fsp3) is 0.438. The van der Waals surface area contributed by atoms with Crippen molar-refractivity contribution in [2.24, 2.45) is 0 Å². The number of fused-ring (bicyclic) bond motifs is 1. The standard InChI is InChI=1S/C16H18FNO3/c17-15-5-1-4-13-14(15)9-12(21-16(13)20)6-8-18-7-2-3-11(18)10-19/h1,4-5,9,11,19H,2-3,6-8,10H2. The van der Waals surface area contributed by atoms with E-state index in [0.717, 1.165) is 19.4 Å². The van der Waals surface area contributed by atoms with E-state index in [2.05, 4.69) is 4.90 Å². The second-order valence-electron chi connectivity index (χ2n) is 5.47. The van der Waals surface area contributed by atoms with Crippen molar-refractivity contribution in [3.8, 4) is 0 Å². The number of aliphatic hydroxyl groups excluding tert-OH is 1. The van der Waals surface area contributed by atoms with Crippen LogP contribution in [0.5, 0.6) is 0 Å². The number of nitrogens with zero attached hydrogens (tertiary/aromatic N) is 1. The van der Waals surface area contributed by atoms with E-state index in [-0.39, 0.29) is 18.0 Å². The third-order valence-corrected chi connectivity index (χ3v) is 4.16. The molecule has 0 amide bonds. The Balaban J connectivity index is 1.81. The lowest BCUT2D eigenvalue weighted by molar-refractivity contribution is 0.158. The predicted octanol–water partition coefficient (Wildman–Crippen LogP) is 1.93. The maximum atomic E-state index is 13.8. The second-order valence-corrected chi connectivity index (χ2v) is 5.47. The number of rotatable bonds is 4. The summed E-state index contributed by atoms with van der Waals surface area (Å²) in [7, 11) is 0. The third kappa shape index (κ3) is 2.84. The fourth-order valence-corrected chi connectivity index (χ4v) is 3.00. The molecule has 1 aliphatic heterocycles. The Morgan fingerprint density at radius 2 is 2.24 bits per heavy atom. The van der Waals surface area contributed by atoms with Crippen molar-refractivity contribution in [2.45, 2.75) is 25.3 Å². The molecule has 1 aromatic heterocycles. The fourth-order valence-electron chi connectivity index (χ4n) is 3.00. The van der Waals surface area contributed by atoms with E-state index in [1.807, 2.05) is 0 Å². The Bertz CT molecular complexity index is 697. The molecule has 5 heteroatoms. The molecule has 112 valence electrons. The highest BCUT2D eigenvalue weighted by atomic mass is 19.1. The summed E-state index contributed by atoms with van der Waals surface area (Å²) in [4.78, 5) is 14.1. The van der Waals surface area contributed by atoms with Crippen LogP contribution in [0.3, 0.4) is 0 Å².